The van der Waals surface area contributed by atoms with Crippen LogP contribution in [0, 0.1) is 10.1 Å². The van der Waals surface area contributed by atoms with Crippen LogP contribution in [0.15, 0.2) is 17.1 Å². The summed E-state index contributed by atoms with van der Waals surface area (Å²) in [6.07, 6.45) is -0.395. The van der Waals surface area contributed by atoms with Gasteiger partial charge in [-0.2, -0.15) is 0 Å². The normalized spacial score (nSPS) is 18.4. The smallest absolute Gasteiger partial charge is 0.291 e. The lowest BCUT2D eigenvalue weighted by Crippen LogP contribution is -2.33. The molecule has 1 heterocycles. The van der Waals surface area contributed by atoms with Gasteiger partial charge in [0, 0.05) is 0 Å². The molecule has 0 fully saturated rings. The van der Waals surface area contributed by atoms with Gasteiger partial charge in [0.25, 0.3) is 5.69 Å². The summed E-state index contributed by atoms with van der Waals surface area (Å²) >= 11 is 5.73. The molecule has 2 rings (SSSR count). The van der Waals surface area contributed by atoms with Crippen LogP contribution >= 0.6 is 11.6 Å². The third kappa shape index (κ3) is 1.67. The van der Waals surface area contributed by atoms with E-state index in [4.69, 9.17) is 22.1 Å². The number of ether oxygens (including phenoxy) is 1. The molecule has 1 aromatic carbocycles. The van der Waals surface area contributed by atoms with E-state index in [0.29, 0.717) is 17.3 Å². The molecular formula is C9H8ClN3O3. The molecule has 6 nitrogen and oxygen atoms in total. The zero-order valence-corrected chi connectivity index (χ0v) is 9.06. The zero-order chi connectivity index (χ0) is 11.9. The molecule has 1 aromatic rings. The van der Waals surface area contributed by atoms with Crippen molar-refractivity contribution < 1.29 is 9.66 Å². The fourth-order valence-electron chi connectivity index (χ4n) is 1.33. The summed E-state index contributed by atoms with van der Waals surface area (Å²) < 4.78 is 5.37. The van der Waals surface area contributed by atoms with Crippen molar-refractivity contribution in [2.24, 2.45) is 10.7 Å². The van der Waals surface area contributed by atoms with Crippen LogP contribution in [0.2, 0.25) is 5.02 Å². The van der Waals surface area contributed by atoms with Crippen molar-refractivity contribution in [1.82, 2.24) is 0 Å². The average Bonchev–Trinajstić information content (AvgIpc) is 2.19. The van der Waals surface area contributed by atoms with Gasteiger partial charge < -0.3 is 10.5 Å². The predicted molar refractivity (Wildman–Crippen MR) is 59.5 cm³/mol. The molecule has 1 aliphatic heterocycles. The Kier molecular flexibility index (Phi) is 2.43. The molecule has 7 heteroatoms. The largest absolute Gasteiger partial charge is 0.480 e. The highest BCUT2D eigenvalue weighted by atomic mass is 35.5. The number of nitro groups is 1. The fourth-order valence-corrected chi connectivity index (χ4v) is 1.56. The van der Waals surface area contributed by atoms with E-state index in [1.807, 2.05) is 0 Å². The topological polar surface area (TPSA) is 90.8 Å². The van der Waals surface area contributed by atoms with E-state index in [1.165, 1.54) is 12.1 Å². The van der Waals surface area contributed by atoms with Crippen molar-refractivity contribution in [2.75, 3.05) is 0 Å². The van der Waals surface area contributed by atoms with Crippen LogP contribution in [0.5, 0.6) is 5.75 Å². The Balaban J connectivity index is 2.57. The van der Waals surface area contributed by atoms with Gasteiger partial charge in [0.1, 0.15) is 16.5 Å². The van der Waals surface area contributed by atoms with E-state index in [-0.39, 0.29) is 10.7 Å². The first-order valence-corrected chi connectivity index (χ1v) is 4.85. The van der Waals surface area contributed by atoms with Gasteiger partial charge in [0.2, 0.25) is 0 Å². The van der Waals surface area contributed by atoms with E-state index in [2.05, 4.69) is 4.99 Å². The Morgan fingerprint density at radius 1 is 1.62 bits per heavy atom. The molecule has 0 aliphatic carbocycles. The van der Waals surface area contributed by atoms with Gasteiger partial charge in [-0.05, 0) is 13.0 Å². The third-order valence-electron chi connectivity index (χ3n) is 2.19. The number of halogens is 1. The van der Waals surface area contributed by atoms with Crippen LogP contribution < -0.4 is 10.5 Å². The lowest BCUT2D eigenvalue weighted by molar-refractivity contribution is -0.384. The maximum Gasteiger partial charge on any atom is 0.291 e. The highest BCUT2D eigenvalue weighted by molar-refractivity contribution is 6.33. The Hall–Kier alpha value is -1.82. The maximum absolute atomic E-state index is 10.7. The van der Waals surface area contributed by atoms with Crippen LogP contribution in [-0.2, 0) is 0 Å². The average molecular weight is 242 g/mol. The van der Waals surface area contributed by atoms with Crippen molar-refractivity contribution in [3.63, 3.8) is 0 Å². The van der Waals surface area contributed by atoms with Crippen molar-refractivity contribution >= 4 is 28.8 Å². The van der Waals surface area contributed by atoms with Crippen LogP contribution in [0.1, 0.15) is 6.92 Å². The summed E-state index contributed by atoms with van der Waals surface area (Å²) in [7, 11) is 0. The summed E-state index contributed by atoms with van der Waals surface area (Å²) in [6.45, 7) is 1.71. The first-order chi connectivity index (χ1) is 7.49. The van der Waals surface area contributed by atoms with Crippen molar-refractivity contribution in [2.45, 2.75) is 13.0 Å². The molecule has 0 bridgehead atoms. The first-order valence-electron chi connectivity index (χ1n) is 4.47. The number of hydrogen-bond acceptors (Lipinski definition) is 5. The van der Waals surface area contributed by atoms with E-state index in [9.17, 15) is 10.1 Å². The predicted octanol–water partition coefficient (Wildman–Crippen LogP) is 2.02. The van der Waals surface area contributed by atoms with E-state index in [0.717, 1.165) is 0 Å². The standard InChI is InChI=1S/C9H8ClN3O3/c1-4-9(11)12-6-2-5(10)7(13(14)15)3-8(6)16-4/h2-4H,1H3,(H2,11,12). The van der Waals surface area contributed by atoms with Crippen LogP contribution in [0.25, 0.3) is 0 Å². The number of nitrogens with two attached hydrogens (primary N) is 1. The highest BCUT2D eigenvalue weighted by Crippen LogP contribution is 2.39. The highest BCUT2D eigenvalue weighted by Gasteiger charge is 2.23. The summed E-state index contributed by atoms with van der Waals surface area (Å²) in [6, 6.07) is 2.62. The van der Waals surface area contributed by atoms with E-state index < -0.39 is 11.0 Å². The minimum absolute atomic E-state index is 0.0125. The Morgan fingerprint density at radius 2 is 2.31 bits per heavy atom. The molecule has 0 radical (unpaired) electrons. The number of rotatable bonds is 1. The number of hydrogen-bond donors (Lipinski definition) is 1. The van der Waals surface area contributed by atoms with E-state index >= 15 is 0 Å². The molecule has 0 amide bonds. The molecule has 0 aromatic heterocycles. The molecule has 0 saturated heterocycles. The monoisotopic (exact) mass is 241 g/mol. The molecule has 0 saturated carbocycles. The second-order valence-electron chi connectivity index (χ2n) is 3.33. The van der Waals surface area contributed by atoms with Crippen LogP contribution in [0.4, 0.5) is 11.4 Å². The fraction of sp³-hybridized carbons (Fsp3) is 0.222. The minimum atomic E-state index is -0.571. The maximum atomic E-state index is 10.7. The molecule has 1 aliphatic rings. The number of nitrogens with zero attached hydrogens (tertiary/aromatic N) is 2. The second-order valence-corrected chi connectivity index (χ2v) is 3.73. The Bertz CT molecular complexity index is 501. The molecule has 0 spiro atoms. The van der Waals surface area contributed by atoms with Crippen LogP contribution in [0.3, 0.4) is 0 Å². The van der Waals surface area contributed by atoms with Gasteiger partial charge in [-0.25, -0.2) is 4.99 Å². The van der Waals surface area contributed by atoms with Crippen molar-refractivity contribution in [3.05, 3.63) is 27.3 Å². The Labute approximate surface area is 95.8 Å². The molecule has 2 N–H and O–H groups in total. The molecule has 1 unspecified atom stereocenters. The number of fused-ring (bicyclic) bond motifs is 1. The third-order valence-corrected chi connectivity index (χ3v) is 2.50. The number of nitro benzene ring substituents is 1. The number of amidine groups is 1. The zero-order valence-electron chi connectivity index (χ0n) is 8.31. The summed E-state index contributed by atoms with van der Waals surface area (Å²) in [5, 5.41) is 10.7. The lowest BCUT2D eigenvalue weighted by Gasteiger charge is -2.20. The van der Waals surface area contributed by atoms with Gasteiger partial charge in [-0.15, -0.1) is 0 Å². The first kappa shape index (κ1) is 10.7. The molecule has 16 heavy (non-hydrogen) atoms. The van der Waals surface area contributed by atoms with Gasteiger partial charge in [-0.1, -0.05) is 11.6 Å². The summed E-state index contributed by atoms with van der Waals surface area (Å²) in [5.41, 5.74) is 5.79. The molecule has 84 valence electrons. The van der Waals surface area contributed by atoms with Gasteiger partial charge in [0.05, 0.1) is 11.0 Å². The van der Waals surface area contributed by atoms with Gasteiger partial charge in [0.15, 0.2) is 11.9 Å². The van der Waals surface area contributed by atoms with Crippen molar-refractivity contribution in [3.8, 4) is 5.75 Å². The number of aliphatic imine (C=N–C) groups is 1. The quantitative estimate of drug-likeness (QED) is 0.601. The summed E-state index contributed by atoms with van der Waals surface area (Å²) in [5.74, 6) is 0.634. The molecule has 1 atom stereocenters. The molecular weight excluding hydrogens is 234 g/mol. The van der Waals surface area contributed by atoms with Gasteiger partial charge >= 0.3 is 0 Å². The van der Waals surface area contributed by atoms with Gasteiger partial charge in [-0.3, -0.25) is 10.1 Å². The number of benzene rings is 1. The minimum Gasteiger partial charge on any atom is -0.480 e. The van der Waals surface area contributed by atoms with Crippen LogP contribution in [-0.4, -0.2) is 16.9 Å². The summed E-state index contributed by atoms with van der Waals surface area (Å²) in [4.78, 5) is 14.1. The second kappa shape index (κ2) is 3.64. The SMILES string of the molecule is CC1Oc2cc([N+](=O)[O-])c(Cl)cc2N=C1N. The lowest BCUT2D eigenvalue weighted by atomic mass is 10.2. The van der Waals surface area contributed by atoms with E-state index in [1.54, 1.807) is 6.92 Å². The van der Waals surface area contributed by atoms with Crippen molar-refractivity contribution in [1.29, 1.82) is 0 Å². The Morgan fingerprint density at radius 3 is 2.94 bits per heavy atom.